The topological polar surface area (TPSA) is 229 Å². The van der Waals surface area contributed by atoms with Gasteiger partial charge in [0.05, 0.1) is 5.56 Å². The maximum Gasteiger partial charge on any atom is 0.407 e. The van der Waals surface area contributed by atoms with Gasteiger partial charge in [-0.15, -0.1) is 0 Å². The lowest BCUT2D eigenvalue weighted by atomic mass is 9.98. The second-order valence-electron chi connectivity index (χ2n) is 19.7. The number of hydrogen-bond donors (Lipinski definition) is 5. The standard InChI is InChI=1S/C51H70N6O11/c1-49(2,3)66-42(58)27-26-41(46(62)68-51(7,8)9)56-47(63)55-40(45(61)67-50(4,5)6)25-15-17-30-54-44(60)39(24-14-16-29-53-43(59)33-19-18-28-52-31-33)57-48(64)65-32-38-36-22-12-10-20-34(36)35-21-11-13-23-37(35)38/h10-13,18-23,28,31,38-41H,14-17,24-27,29-30,32H2,1-9H3,(H,53,59)(H,54,60)(H,57,64)(H2,55,56,63)/t39-,40-,41-/m0/s1. The van der Waals surface area contributed by atoms with E-state index in [2.05, 4.69) is 31.6 Å². The zero-order chi connectivity index (χ0) is 50.1. The minimum absolute atomic E-state index is 0.0627. The highest BCUT2D eigenvalue weighted by atomic mass is 16.6. The summed E-state index contributed by atoms with van der Waals surface area (Å²) in [5.74, 6) is -2.92. The second-order valence-corrected chi connectivity index (χ2v) is 19.7. The molecule has 0 saturated heterocycles. The Labute approximate surface area is 400 Å². The van der Waals surface area contributed by atoms with E-state index in [9.17, 15) is 33.6 Å². The number of rotatable bonds is 22. The average Bonchev–Trinajstić information content (AvgIpc) is 3.57. The Bertz CT molecular complexity index is 2150. The van der Waals surface area contributed by atoms with Crippen molar-refractivity contribution < 1.29 is 52.5 Å². The first kappa shape index (κ1) is 54.1. The fraction of sp³-hybridized carbons (Fsp3) is 0.529. The van der Waals surface area contributed by atoms with Crippen LogP contribution in [0.2, 0.25) is 0 Å². The summed E-state index contributed by atoms with van der Waals surface area (Å²) < 4.78 is 22.2. The molecule has 1 aliphatic rings. The Morgan fingerprint density at radius 1 is 0.588 bits per heavy atom. The fourth-order valence-electron chi connectivity index (χ4n) is 7.39. The van der Waals surface area contributed by atoms with Crippen LogP contribution in [0.3, 0.4) is 0 Å². The van der Waals surface area contributed by atoms with Gasteiger partial charge in [0.1, 0.15) is 41.5 Å². The highest BCUT2D eigenvalue weighted by molar-refractivity contribution is 5.93. The summed E-state index contributed by atoms with van der Waals surface area (Å²) in [4.78, 5) is 95.9. The van der Waals surface area contributed by atoms with Crippen molar-refractivity contribution in [3.05, 3.63) is 89.7 Å². The number of fused-ring (bicyclic) bond motifs is 3. The lowest BCUT2D eigenvalue weighted by Gasteiger charge is -2.27. The summed E-state index contributed by atoms with van der Waals surface area (Å²) in [6.07, 6.45) is 4.09. The molecule has 5 N–H and O–H groups in total. The number of amides is 5. The monoisotopic (exact) mass is 943 g/mol. The average molecular weight is 943 g/mol. The number of unbranched alkanes of at least 4 members (excludes halogenated alkanes) is 2. The minimum Gasteiger partial charge on any atom is -0.460 e. The van der Waals surface area contributed by atoms with Crippen LogP contribution in [0, 0.1) is 0 Å². The number of nitrogens with zero attached hydrogens (tertiary/aromatic N) is 1. The molecule has 1 aliphatic carbocycles. The van der Waals surface area contributed by atoms with Crippen molar-refractivity contribution >= 4 is 41.8 Å². The summed E-state index contributed by atoms with van der Waals surface area (Å²) in [5.41, 5.74) is 2.18. The van der Waals surface area contributed by atoms with E-state index < -0.39 is 70.9 Å². The third kappa shape index (κ3) is 18.6. The zero-order valence-corrected chi connectivity index (χ0v) is 41.0. The van der Waals surface area contributed by atoms with Gasteiger partial charge in [-0.3, -0.25) is 19.4 Å². The molecule has 0 spiro atoms. The van der Waals surface area contributed by atoms with Gasteiger partial charge in [0, 0.05) is 37.8 Å². The van der Waals surface area contributed by atoms with Gasteiger partial charge in [0.25, 0.3) is 5.91 Å². The van der Waals surface area contributed by atoms with Crippen molar-refractivity contribution in [1.29, 1.82) is 0 Å². The number of benzene rings is 2. The number of ether oxygens (including phenoxy) is 4. The van der Waals surface area contributed by atoms with Crippen molar-refractivity contribution in [3.8, 4) is 11.1 Å². The number of urea groups is 1. The first-order valence-electron chi connectivity index (χ1n) is 23.3. The van der Waals surface area contributed by atoms with E-state index in [1.54, 1.807) is 80.6 Å². The van der Waals surface area contributed by atoms with Gasteiger partial charge >= 0.3 is 30.0 Å². The van der Waals surface area contributed by atoms with E-state index in [0.29, 0.717) is 37.8 Å². The number of alkyl carbamates (subject to hydrolysis) is 1. The number of aromatic nitrogens is 1. The van der Waals surface area contributed by atoms with Gasteiger partial charge in [-0.1, -0.05) is 48.5 Å². The Hall–Kier alpha value is -6.52. The third-order valence-electron chi connectivity index (χ3n) is 10.4. The Morgan fingerprint density at radius 3 is 1.63 bits per heavy atom. The molecule has 0 unspecified atom stereocenters. The van der Waals surface area contributed by atoms with Gasteiger partial charge in [-0.25, -0.2) is 19.2 Å². The van der Waals surface area contributed by atoms with Crippen LogP contribution in [-0.2, 0) is 38.1 Å². The summed E-state index contributed by atoms with van der Waals surface area (Å²) in [5, 5.41) is 13.6. The smallest absolute Gasteiger partial charge is 0.407 e. The molecule has 0 bridgehead atoms. The van der Waals surface area contributed by atoms with E-state index in [-0.39, 0.29) is 50.7 Å². The maximum atomic E-state index is 13.7. The van der Waals surface area contributed by atoms with Crippen LogP contribution in [-0.4, -0.2) is 101 Å². The van der Waals surface area contributed by atoms with Gasteiger partial charge in [0.2, 0.25) is 5.91 Å². The van der Waals surface area contributed by atoms with E-state index in [0.717, 1.165) is 22.3 Å². The number of carbonyl (C=O) groups is 7. The Morgan fingerprint density at radius 2 is 1.10 bits per heavy atom. The molecule has 17 nitrogen and oxygen atoms in total. The van der Waals surface area contributed by atoms with E-state index in [1.807, 2.05) is 48.5 Å². The van der Waals surface area contributed by atoms with Crippen LogP contribution in [0.5, 0.6) is 0 Å². The molecule has 1 heterocycles. The molecule has 0 aliphatic heterocycles. The van der Waals surface area contributed by atoms with E-state index in [1.165, 1.54) is 6.20 Å². The van der Waals surface area contributed by atoms with E-state index >= 15 is 0 Å². The van der Waals surface area contributed by atoms with Crippen molar-refractivity contribution in [2.45, 2.75) is 155 Å². The van der Waals surface area contributed by atoms with Crippen LogP contribution >= 0.6 is 0 Å². The number of carbonyl (C=O) groups excluding carboxylic acids is 7. The van der Waals surface area contributed by atoms with Crippen LogP contribution in [0.25, 0.3) is 11.1 Å². The molecular weight excluding hydrogens is 873 g/mol. The second kappa shape index (κ2) is 25.0. The lowest BCUT2D eigenvalue weighted by Crippen LogP contribution is -2.53. The summed E-state index contributed by atoms with van der Waals surface area (Å²) in [7, 11) is 0. The van der Waals surface area contributed by atoms with E-state index in [4.69, 9.17) is 18.9 Å². The largest absolute Gasteiger partial charge is 0.460 e. The molecule has 4 rings (SSSR count). The van der Waals surface area contributed by atoms with Crippen LogP contribution in [0.4, 0.5) is 9.59 Å². The van der Waals surface area contributed by atoms with Gasteiger partial charge in [-0.05, 0) is 142 Å². The molecule has 2 aromatic carbocycles. The van der Waals surface area contributed by atoms with Gasteiger partial charge < -0.3 is 45.5 Å². The van der Waals surface area contributed by atoms with Crippen molar-refractivity contribution in [2.75, 3.05) is 19.7 Å². The molecule has 3 aromatic rings. The number of hydrogen-bond acceptors (Lipinski definition) is 12. The van der Waals surface area contributed by atoms with Crippen LogP contribution < -0.4 is 26.6 Å². The molecule has 3 atom stereocenters. The molecule has 0 fully saturated rings. The summed E-state index contributed by atoms with van der Waals surface area (Å²) in [6.45, 7) is 15.8. The highest BCUT2D eigenvalue weighted by Crippen LogP contribution is 2.44. The molecular formula is C51H70N6O11. The van der Waals surface area contributed by atoms with Crippen molar-refractivity contribution in [2.24, 2.45) is 0 Å². The first-order chi connectivity index (χ1) is 32.0. The predicted molar refractivity (Wildman–Crippen MR) is 255 cm³/mol. The zero-order valence-electron chi connectivity index (χ0n) is 41.0. The van der Waals surface area contributed by atoms with Crippen LogP contribution in [0.1, 0.15) is 141 Å². The molecule has 5 amide bonds. The quantitative estimate of drug-likeness (QED) is 0.0389. The van der Waals surface area contributed by atoms with Gasteiger partial charge in [-0.2, -0.15) is 0 Å². The number of esters is 3. The third-order valence-corrected chi connectivity index (χ3v) is 10.4. The summed E-state index contributed by atoms with van der Waals surface area (Å²) in [6, 6.07) is 15.1. The molecule has 370 valence electrons. The first-order valence-corrected chi connectivity index (χ1v) is 23.3. The lowest BCUT2D eigenvalue weighted by molar-refractivity contribution is -0.159. The van der Waals surface area contributed by atoms with Crippen molar-refractivity contribution in [1.82, 2.24) is 31.6 Å². The summed E-state index contributed by atoms with van der Waals surface area (Å²) >= 11 is 0. The fourth-order valence-corrected chi connectivity index (χ4v) is 7.39. The number of pyridine rings is 1. The normalized spacial score (nSPS) is 13.6. The molecule has 1 aromatic heterocycles. The Balaban J connectivity index is 1.36. The van der Waals surface area contributed by atoms with Gasteiger partial charge in [0.15, 0.2) is 0 Å². The number of nitrogens with one attached hydrogen (secondary N) is 5. The SMILES string of the molecule is CC(C)(C)OC(=O)CC[C@H](NC(=O)N[C@@H](CCCCNC(=O)[C@H](CCCCNC(=O)c1cccnc1)NC(=O)OCC1c2ccccc2-c2ccccc21)C(=O)OC(C)(C)C)C(=O)OC(C)(C)C. The minimum atomic E-state index is -1.24. The highest BCUT2D eigenvalue weighted by Gasteiger charge is 2.33. The molecule has 0 saturated carbocycles. The van der Waals surface area contributed by atoms with Crippen LogP contribution in [0.15, 0.2) is 73.1 Å². The van der Waals surface area contributed by atoms with Crippen molar-refractivity contribution in [3.63, 3.8) is 0 Å². The molecule has 0 radical (unpaired) electrons. The Kier molecular flexibility index (Phi) is 19.9. The predicted octanol–water partition coefficient (Wildman–Crippen LogP) is 7.02. The maximum absolute atomic E-state index is 13.7. The molecule has 68 heavy (non-hydrogen) atoms. The molecule has 17 heteroatoms.